The topological polar surface area (TPSA) is 9.86 Å². The van der Waals surface area contributed by atoms with Crippen LogP contribution in [0.15, 0.2) is 0 Å². The van der Waals surface area contributed by atoms with Crippen LogP contribution in [0.2, 0.25) is 0 Å². The van der Waals surface area contributed by atoms with Crippen molar-refractivity contribution in [2.24, 2.45) is 0 Å². The molecular formula is C14H25BN2S. The Balaban J connectivity index is 2.80. The molecular weight excluding hydrogens is 239 g/mol. The molecule has 18 heavy (non-hydrogen) atoms. The second-order valence-electron chi connectivity index (χ2n) is 6.74. The Morgan fingerprint density at radius 2 is 1.72 bits per heavy atom. The molecule has 0 saturated heterocycles. The third kappa shape index (κ3) is 1.99. The van der Waals surface area contributed by atoms with Crippen LogP contribution in [0.1, 0.15) is 70.9 Å². The van der Waals surface area contributed by atoms with Crippen molar-refractivity contribution in [3.63, 3.8) is 0 Å². The van der Waals surface area contributed by atoms with Gasteiger partial charge in [0.1, 0.15) is 7.85 Å². The van der Waals surface area contributed by atoms with Crippen LogP contribution < -0.4 is 0 Å². The first kappa shape index (κ1) is 13.9. The number of aromatic nitrogens is 2. The maximum Gasteiger partial charge on any atom is 0.180 e. The molecule has 0 spiro atoms. The van der Waals surface area contributed by atoms with E-state index in [2.05, 4.69) is 51.6 Å². The summed E-state index contributed by atoms with van der Waals surface area (Å²) in [7, 11) is 2.36. The van der Waals surface area contributed by atoms with E-state index in [9.17, 15) is 0 Å². The molecule has 0 radical (unpaired) electrons. The molecule has 1 aliphatic carbocycles. The lowest BCUT2D eigenvalue weighted by atomic mass is 9.62. The molecule has 1 atom stereocenters. The molecule has 0 aliphatic heterocycles. The lowest BCUT2D eigenvalue weighted by Gasteiger charge is -2.33. The Morgan fingerprint density at radius 3 is 2.22 bits per heavy atom. The second kappa shape index (κ2) is 4.55. The number of rotatable bonds is 2. The molecule has 1 aliphatic rings. The van der Waals surface area contributed by atoms with Crippen molar-refractivity contribution in [3.8, 4) is 0 Å². The zero-order chi connectivity index (χ0) is 13.7. The van der Waals surface area contributed by atoms with Gasteiger partial charge < -0.3 is 9.13 Å². The molecule has 2 nitrogen and oxygen atoms in total. The summed E-state index contributed by atoms with van der Waals surface area (Å²) in [5.74, 6) is 0. The summed E-state index contributed by atoms with van der Waals surface area (Å²) < 4.78 is 5.79. The molecule has 1 heterocycles. The highest BCUT2D eigenvalue weighted by Crippen LogP contribution is 2.38. The van der Waals surface area contributed by atoms with Gasteiger partial charge in [0.15, 0.2) is 4.77 Å². The maximum atomic E-state index is 5.74. The van der Waals surface area contributed by atoms with Gasteiger partial charge in [-0.25, -0.2) is 0 Å². The predicted molar refractivity (Wildman–Crippen MR) is 82.9 cm³/mol. The number of nitrogens with zero attached hydrogens (tertiary/aromatic N) is 2. The van der Waals surface area contributed by atoms with Gasteiger partial charge in [0, 0.05) is 23.5 Å². The van der Waals surface area contributed by atoms with Crippen LogP contribution in [-0.4, -0.2) is 17.0 Å². The maximum absolute atomic E-state index is 5.74. The summed E-state index contributed by atoms with van der Waals surface area (Å²) in [6.07, 6.45) is 3.73. The zero-order valence-corrected chi connectivity index (χ0v) is 13.4. The molecule has 0 saturated carbocycles. The Hall–Kier alpha value is -0.505. The highest BCUT2D eigenvalue weighted by atomic mass is 32.1. The first-order valence-corrected chi connectivity index (χ1v) is 7.54. The van der Waals surface area contributed by atoms with Gasteiger partial charge in [0.25, 0.3) is 0 Å². The smallest absolute Gasteiger partial charge is 0.180 e. The van der Waals surface area contributed by atoms with E-state index in [0.717, 1.165) is 4.77 Å². The fourth-order valence-electron chi connectivity index (χ4n) is 3.36. The van der Waals surface area contributed by atoms with Crippen molar-refractivity contribution >= 4 is 20.1 Å². The first-order valence-electron chi connectivity index (χ1n) is 7.13. The Labute approximate surface area is 117 Å². The Morgan fingerprint density at radius 1 is 1.17 bits per heavy atom. The van der Waals surface area contributed by atoms with Crippen LogP contribution in [0.25, 0.3) is 0 Å². The average molecular weight is 264 g/mol. The Bertz CT molecular complexity index is 509. The van der Waals surface area contributed by atoms with Crippen LogP contribution in [0.4, 0.5) is 0 Å². The summed E-state index contributed by atoms with van der Waals surface area (Å²) in [6.45, 7) is 11.3. The normalized spacial score (nSPS) is 23.7. The van der Waals surface area contributed by atoms with Crippen LogP contribution in [0.3, 0.4) is 0 Å². The second-order valence-corrected chi connectivity index (χ2v) is 7.11. The van der Waals surface area contributed by atoms with Gasteiger partial charge in [0.05, 0.1) is 0 Å². The minimum atomic E-state index is 0.256. The van der Waals surface area contributed by atoms with Crippen molar-refractivity contribution in [2.75, 3.05) is 0 Å². The van der Waals surface area contributed by atoms with Gasteiger partial charge in [-0.1, -0.05) is 6.92 Å². The molecule has 0 fully saturated rings. The molecule has 0 N–H and O–H groups in total. The molecule has 0 bridgehead atoms. The van der Waals surface area contributed by atoms with E-state index in [-0.39, 0.29) is 5.31 Å². The molecule has 100 valence electrons. The third-order valence-corrected chi connectivity index (χ3v) is 4.50. The largest absolute Gasteiger partial charge is 0.318 e. The van der Waals surface area contributed by atoms with Crippen LogP contribution >= 0.6 is 12.2 Å². The highest BCUT2D eigenvalue weighted by Gasteiger charge is 2.34. The summed E-state index contributed by atoms with van der Waals surface area (Å²) in [6, 6.07) is 0.906. The molecule has 1 aromatic rings. The predicted octanol–water partition coefficient (Wildman–Crippen LogP) is 3.37. The molecule has 0 amide bonds. The van der Waals surface area contributed by atoms with E-state index >= 15 is 0 Å². The SMILES string of the molecule is BC1(C)CCCc2c1n(C(C)C)c(=S)n2C(C)C. The molecule has 2 rings (SSSR count). The lowest BCUT2D eigenvalue weighted by molar-refractivity contribution is 0.460. The molecule has 1 aromatic heterocycles. The quantitative estimate of drug-likeness (QED) is 0.588. The summed E-state index contributed by atoms with van der Waals surface area (Å²) >= 11 is 5.74. The third-order valence-electron chi connectivity index (χ3n) is 4.11. The molecule has 0 aromatic carbocycles. The summed E-state index contributed by atoms with van der Waals surface area (Å²) in [5, 5.41) is 0.256. The lowest BCUT2D eigenvalue weighted by Crippen LogP contribution is -2.31. The van der Waals surface area contributed by atoms with Gasteiger partial charge in [-0.15, -0.1) is 0 Å². The Kier molecular flexibility index (Phi) is 3.52. The van der Waals surface area contributed by atoms with E-state index in [4.69, 9.17) is 12.2 Å². The van der Waals surface area contributed by atoms with E-state index in [0.29, 0.717) is 12.1 Å². The van der Waals surface area contributed by atoms with E-state index in [1.807, 2.05) is 0 Å². The fourth-order valence-corrected chi connectivity index (χ4v) is 3.99. The highest BCUT2D eigenvalue weighted by molar-refractivity contribution is 7.71. The summed E-state index contributed by atoms with van der Waals surface area (Å²) in [5.41, 5.74) is 2.97. The van der Waals surface area contributed by atoms with Gasteiger partial charge in [0.2, 0.25) is 0 Å². The standard InChI is InChI=1S/C14H25BN2S/c1-9(2)16-11-7-6-8-14(5,15)12(11)17(10(3)4)13(16)18/h9-10H,6-8,15H2,1-5H3. The van der Waals surface area contributed by atoms with Crippen molar-refractivity contribution in [1.29, 1.82) is 0 Å². The number of hydrogen-bond acceptors (Lipinski definition) is 1. The average Bonchev–Trinajstić information content (AvgIpc) is 2.51. The fraction of sp³-hybridized carbons (Fsp3) is 0.786. The minimum absolute atomic E-state index is 0.256. The number of imidazole rings is 1. The van der Waals surface area contributed by atoms with Gasteiger partial charge >= 0.3 is 0 Å². The molecule has 4 heteroatoms. The first-order chi connectivity index (χ1) is 8.27. The van der Waals surface area contributed by atoms with E-state index < -0.39 is 0 Å². The van der Waals surface area contributed by atoms with E-state index in [1.54, 1.807) is 0 Å². The van der Waals surface area contributed by atoms with Crippen LogP contribution in [0, 0.1) is 4.77 Å². The van der Waals surface area contributed by atoms with Crippen molar-refractivity contribution in [1.82, 2.24) is 9.13 Å². The van der Waals surface area contributed by atoms with E-state index in [1.165, 1.54) is 30.7 Å². The number of hydrogen-bond donors (Lipinski definition) is 0. The van der Waals surface area contributed by atoms with Crippen LogP contribution in [-0.2, 0) is 11.7 Å². The van der Waals surface area contributed by atoms with Crippen molar-refractivity contribution in [2.45, 2.75) is 71.3 Å². The van der Waals surface area contributed by atoms with Crippen molar-refractivity contribution < 1.29 is 0 Å². The van der Waals surface area contributed by atoms with Gasteiger partial charge in [-0.05, 0) is 64.5 Å². The monoisotopic (exact) mass is 264 g/mol. The van der Waals surface area contributed by atoms with Crippen LogP contribution in [0.5, 0.6) is 0 Å². The number of fused-ring (bicyclic) bond motifs is 1. The minimum Gasteiger partial charge on any atom is -0.318 e. The van der Waals surface area contributed by atoms with Crippen molar-refractivity contribution in [3.05, 3.63) is 16.2 Å². The zero-order valence-electron chi connectivity index (χ0n) is 12.6. The summed E-state index contributed by atoms with van der Waals surface area (Å²) in [4.78, 5) is 0. The van der Waals surface area contributed by atoms with Gasteiger partial charge in [-0.2, -0.15) is 0 Å². The molecule has 1 unspecified atom stereocenters. The van der Waals surface area contributed by atoms with Gasteiger partial charge in [-0.3, -0.25) is 0 Å².